The molecule has 0 radical (unpaired) electrons. The molecular weight excluding hydrogens is 516 g/mol. The molecule has 0 saturated heterocycles. The average Bonchev–Trinajstić information content (AvgIpc) is 3.07. The van der Waals surface area contributed by atoms with E-state index in [4.69, 9.17) is 0 Å². The van der Waals surface area contributed by atoms with E-state index >= 15 is 0 Å². The van der Waals surface area contributed by atoms with Crippen LogP contribution in [-0.2, 0) is 0 Å². The standard InChI is InChI=1S/C40H30.C3H8/c1-5-27-17-14-20-34(31(27)6-2)38-26-40-36-19-13-12-18-35(36)37(25-39(40)33(8-4)32(38)7-3)30-23-21-29(22-24-30)28-15-10-9-11-16-28;1-3-2/h5-26H,1-4H2;3H2,1-2H3. The van der Waals surface area contributed by atoms with Gasteiger partial charge >= 0.3 is 0 Å². The molecule has 6 aromatic carbocycles. The Kier molecular flexibility index (Phi) is 8.99. The van der Waals surface area contributed by atoms with Gasteiger partial charge in [0.2, 0.25) is 0 Å². The van der Waals surface area contributed by atoms with Crippen LogP contribution in [-0.4, -0.2) is 0 Å². The molecule has 0 aliphatic carbocycles. The van der Waals surface area contributed by atoms with Crippen molar-refractivity contribution in [3.05, 3.63) is 158 Å². The van der Waals surface area contributed by atoms with Gasteiger partial charge in [-0.1, -0.05) is 168 Å². The Morgan fingerprint density at radius 2 is 0.977 bits per heavy atom. The van der Waals surface area contributed by atoms with E-state index in [9.17, 15) is 0 Å². The summed E-state index contributed by atoms with van der Waals surface area (Å²) in [6, 6.07) is 39.0. The van der Waals surface area contributed by atoms with Crippen LogP contribution in [0.15, 0.2) is 136 Å². The van der Waals surface area contributed by atoms with Crippen LogP contribution in [0.3, 0.4) is 0 Å². The molecule has 0 spiro atoms. The molecular formula is C43H38. The summed E-state index contributed by atoms with van der Waals surface area (Å²) in [5, 5.41) is 4.78. The monoisotopic (exact) mass is 554 g/mol. The number of benzene rings is 6. The molecule has 0 atom stereocenters. The van der Waals surface area contributed by atoms with Crippen molar-refractivity contribution in [2.24, 2.45) is 0 Å². The lowest BCUT2D eigenvalue weighted by atomic mass is 9.84. The first-order chi connectivity index (χ1) is 21.1. The number of hydrogen-bond donors (Lipinski definition) is 0. The highest BCUT2D eigenvalue weighted by molar-refractivity contribution is 6.17. The van der Waals surface area contributed by atoms with E-state index < -0.39 is 0 Å². The Morgan fingerprint density at radius 1 is 0.419 bits per heavy atom. The Balaban J connectivity index is 0.00000118. The Labute approximate surface area is 256 Å². The summed E-state index contributed by atoms with van der Waals surface area (Å²) in [6.07, 6.45) is 8.96. The van der Waals surface area contributed by atoms with Gasteiger partial charge in [0.15, 0.2) is 0 Å². The van der Waals surface area contributed by atoms with Gasteiger partial charge in [-0.3, -0.25) is 0 Å². The Bertz CT molecular complexity index is 1950. The van der Waals surface area contributed by atoms with Gasteiger partial charge < -0.3 is 0 Å². The molecule has 0 aliphatic heterocycles. The molecule has 0 heterocycles. The minimum Gasteiger partial charge on any atom is -0.0984 e. The van der Waals surface area contributed by atoms with Crippen LogP contribution in [0.25, 0.3) is 79.2 Å². The maximum absolute atomic E-state index is 4.24. The third-order valence-electron chi connectivity index (χ3n) is 7.81. The lowest BCUT2D eigenvalue weighted by molar-refractivity contribution is 1.09. The second kappa shape index (κ2) is 13.2. The smallest absolute Gasteiger partial charge is 0.00923 e. The molecule has 0 aliphatic rings. The lowest BCUT2D eigenvalue weighted by Crippen LogP contribution is -1.95. The average molecular weight is 555 g/mol. The van der Waals surface area contributed by atoms with Gasteiger partial charge in [0.05, 0.1) is 0 Å². The zero-order chi connectivity index (χ0) is 30.3. The summed E-state index contributed by atoms with van der Waals surface area (Å²) >= 11 is 0. The SMILES string of the molecule is C=Cc1cccc(-c2cc3c(cc(-c4ccc(-c5ccccc5)cc4)c4ccccc43)c(C=C)c2C=C)c1C=C.CCC. The van der Waals surface area contributed by atoms with Crippen molar-refractivity contribution in [1.82, 2.24) is 0 Å². The molecule has 0 fully saturated rings. The Hall–Kier alpha value is -5.20. The van der Waals surface area contributed by atoms with Crippen molar-refractivity contribution < 1.29 is 0 Å². The number of fused-ring (bicyclic) bond motifs is 3. The molecule has 0 bridgehead atoms. The molecule has 0 heteroatoms. The lowest BCUT2D eigenvalue weighted by Gasteiger charge is -2.19. The van der Waals surface area contributed by atoms with Gasteiger partial charge in [0.25, 0.3) is 0 Å². The molecule has 0 N–H and O–H groups in total. The zero-order valence-corrected chi connectivity index (χ0v) is 25.2. The van der Waals surface area contributed by atoms with E-state index in [0.717, 1.165) is 38.8 Å². The topological polar surface area (TPSA) is 0 Å². The largest absolute Gasteiger partial charge is 0.0984 e. The first kappa shape index (κ1) is 29.3. The molecule has 43 heavy (non-hydrogen) atoms. The van der Waals surface area contributed by atoms with Crippen molar-refractivity contribution in [2.45, 2.75) is 20.3 Å². The minimum absolute atomic E-state index is 1.06. The summed E-state index contributed by atoms with van der Waals surface area (Å²) in [4.78, 5) is 0. The van der Waals surface area contributed by atoms with Crippen LogP contribution in [0.4, 0.5) is 0 Å². The van der Waals surface area contributed by atoms with Crippen LogP contribution in [0.5, 0.6) is 0 Å². The van der Waals surface area contributed by atoms with Crippen molar-refractivity contribution in [3.8, 4) is 33.4 Å². The number of hydrogen-bond acceptors (Lipinski definition) is 0. The molecule has 6 rings (SSSR count). The van der Waals surface area contributed by atoms with Crippen molar-refractivity contribution >= 4 is 45.8 Å². The highest BCUT2D eigenvalue weighted by Crippen LogP contribution is 2.42. The zero-order valence-electron chi connectivity index (χ0n) is 25.2. The maximum atomic E-state index is 4.24. The summed E-state index contributed by atoms with van der Waals surface area (Å²) in [7, 11) is 0. The van der Waals surface area contributed by atoms with Crippen LogP contribution in [0.2, 0.25) is 0 Å². The minimum atomic E-state index is 1.06. The predicted octanol–water partition coefficient (Wildman–Crippen LogP) is 13.0. The summed E-state index contributed by atoms with van der Waals surface area (Å²) < 4.78 is 0. The molecule has 0 nitrogen and oxygen atoms in total. The first-order valence-electron chi connectivity index (χ1n) is 14.9. The molecule has 6 aromatic rings. The highest BCUT2D eigenvalue weighted by atomic mass is 14.2. The Morgan fingerprint density at radius 3 is 1.60 bits per heavy atom. The predicted molar refractivity (Wildman–Crippen MR) is 194 cm³/mol. The van der Waals surface area contributed by atoms with Crippen molar-refractivity contribution in [3.63, 3.8) is 0 Å². The maximum Gasteiger partial charge on any atom is -0.00923 e. The van der Waals surface area contributed by atoms with Gasteiger partial charge in [0.1, 0.15) is 0 Å². The van der Waals surface area contributed by atoms with Gasteiger partial charge in [-0.05, 0) is 89.3 Å². The highest BCUT2D eigenvalue weighted by Gasteiger charge is 2.18. The molecule has 0 saturated carbocycles. The fraction of sp³-hybridized carbons (Fsp3) is 0.0698. The second-order valence-electron chi connectivity index (χ2n) is 10.6. The van der Waals surface area contributed by atoms with E-state index in [1.165, 1.54) is 44.8 Å². The molecule has 210 valence electrons. The van der Waals surface area contributed by atoms with Crippen LogP contribution >= 0.6 is 0 Å². The summed E-state index contributed by atoms with van der Waals surface area (Å²) in [6.45, 7) is 20.8. The first-order valence-corrected chi connectivity index (χ1v) is 14.9. The van der Waals surface area contributed by atoms with Crippen molar-refractivity contribution in [2.75, 3.05) is 0 Å². The number of rotatable bonds is 7. The quantitative estimate of drug-likeness (QED) is 0.172. The van der Waals surface area contributed by atoms with Gasteiger partial charge in [0, 0.05) is 0 Å². The normalized spacial score (nSPS) is 10.6. The van der Waals surface area contributed by atoms with E-state index in [-0.39, 0.29) is 0 Å². The fourth-order valence-electron chi connectivity index (χ4n) is 5.89. The summed E-state index contributed by atoms with van der Waals surface area (Å²) in [5.74, 6) is 0. The molecule has 0 amide bonds. The van der Waals surface area contributed by atoms with Crippen molar-refractivity contribution in [1.29, 1.82) is 0 Å². The third-order valence-corrected chi connectivity index (χ3v) is 7.81. The van der Waals surface area contributed by atoms with E-state index in [1.807, 2.05) is 30.4 Å². The third kappa shape index (κ3) is 5.53. The van der Waals surface area contributed by atoms with Crippen LogP contribution < -0.4 is 0 Å². The second-order valence-corrected chi connectivity index (χ2v) is 10.6. The fourth-order valence-corrected chi connectivity index (χ4v) is 5.89. The molecule has 0 unspecified atom stereocenters. The van der Waals surface area contributed by atoms with Gasteiger partial charge in [-0.15, -0.1) is 0 Å². The van der Waals surface area contributed by atoms with E-state index in [2.05, 4.69) is 143 Å². The van der Waals surface area contributed by atoms with Crippen LogP contribution in [0, 0.1) is 0 Å². The molecule has 0 aromatic heterocycles. The van der Waals surface area contributed by atoms with E-state index in [0.29, 0.717) is 0 Å². The van der Waals surface area contributed by atoms with Gasteiger partial charge in [-0.2, -0.15) is 0 Å². The van der Waals surface area contributed by atoms with Gasteiger partial charge in [-0.25, -0.2) is 0 Å². The summed E-state index contributed by atoms with van der Waals surface area (Å²) in [5.41, 5.74) is 11.3. The van der Waals surface area contributed by atoms with Crippen LogP contribution in [0.1, 0.15) is 42.5 Å². The van der Waals surface area contributed by atoms with E-state index in [1.54, 1.807) is 0 Å².